The molecule has 1 aromatic rings. The Morgan fingerprint density at radius 3 is 0.859 bits per heavy atom. The van der Waals surface area contributed by atoms with Gasteiger partial charge in [0.1, 0.15) is 62.4 Å². The highest BCUT2D eigenvalue weighted by molar-refractivity contribution is 5.81. The van der Waals surface area contributed by atoms with Crippen LogP contribution in [0.2, 0.25) is 0 Å². The first-order valence-corrected chi connectivity index (χ1v) is 49.1. The first kappa shape index (κ1) is 127. The molecule has 0 radical (unpaired) electrons. The molecule has 49 nitrogen and oxygen atoms in total. The number of hydrogen-bond acceptors (Lipinski definition) is 39. The van der Waals surface area contributed by atoms with Crippen LogP contribution in [0.4, 0.5) is 22.0 Å². The first-order chi connectivity index (χ1) is 70.6. The van der Waals surface area contributed by atoms with E-state index in [1.54, 1.807) is 0 Å². The minimum atomic E-state index is -2.46. The van der Waals surface area contributed by atoms with Crippen molar-refractivity contribution < 1.29 is 208 Å². The second kappa shape index (κ2) is 67.9. The number of halogens is 5. The van der Waals surface area contributed by atoms with Crippen LogP contribution in [0.5, 0.6) is 5.75 Å². The van der Waals surface area contributed by atoms with Gasteiger partial charge in [-0.15, -0.1) is 0 Å². The maximum atomic E-state index is 14.6. The van der Waals surface area contributed by atoms with Crippen LogP contribution in [0.3, 0.4) is 0 Å². The minimum Gasteiger partial charge on any atom is -0.463 e. The Morgan fingerprint density at radius 1 is 0.295 bits per heavy atom. The fourth-order valence-corrected chi connectivity index (χ4v) is 16.1. The number of unbranched alkanes of at least 4 members (excludes halogenated alkanes) is 5. The smallest absolute Gasteiger partial charge is 0.311 e. The van der Waals surface area contributed by atoms with Crippen LogP contribution in [0.1, 0.15) is 218 Å². The lowest BCUT2D eigenvalue weighted by Gasteiger charge is -2.44. The maximum absolute atomic E-state index is 14.6. The van der Waals surface area contributed by atoms with Gasteiger partial charge in [-0.05, 0) is 83.5 Å². The van der Waals surface area contributed by atoms with Gasteiger partial charge in [0.15, 0.2) is 55.5 Å². The minimum absolute atomic E-state index is 0.0173. The van der Waals surface area contributed by atoms with E-state index in [1.807, 2.05) is 0 Å². The summed E-state index contributed by atoms with van der Waals surface area (Å²) in [5, 5.41) is 24.4. The third-order valence-electron chi connectivity index (χ3n) is 22.7. The predicted molar refractivity (Wildman–Crippen MR) is 497 cm³/mol. The van der Waals surface area contributed by atoms with Gasteiger partial charge in [0.05, 0.1) is 32.0 Å². The molecule has 0 spiro atoms. The molecular weight excluding hydrogens is 2000 g/mol. The van der Waals surface area contributed by atoms with Gasteiger partial charge in [0, 0.05) is 207 Å². The van der Waals surface area contributed by atoms with E-state index in [1.165, 1.54) is 32.7 Å². The zero-order valence-electron chi connectivity index (χ0n) is 85.9. The number of carbonyl (C=O) groups is 20. The number of benzene rings is 1. The Balaban J connectivity index is 1.23. The Kier molecular flexibility index (Phi) is 58.0. The van der Waals surface area contributed by atoms with Gasteiger partial charge < -0.3 is 143 Å². The number of amides is 10. The molecule has 17 atom stereocenters. The molecule has 1 aliphatic carbocycles. The molecule has 840 valence electrons. The van der Waals surface area contributed by atoms with Crippen LogP contribution < -0.4 is 52.6 Å². The van der Waals surface area contributed by atoms with Crippen LogP contribution in [0, 0.1) is 35.0 Å². The zero-order chi connectivity index (χ0) is 111. The molecule has 0 aromatic heterocycles. The van der Waals surface area contributed by atoms with Crippen LogP contribution in [0.15, 0.2) is 0 Å². The number of carbonyl (C=O) groups excluding carboxylic acids is 20. The van der Waals surface area contributed by atoms with Crippen molar-refractivity contribution in [1.82, 2.24) is 52.8 Å². The quantitative estimate of drug-likeness (QED) is 0.00847. The third kappa shape index (κ3) is 48.2. The van der Waals surface area contributed by atoms with Crippen molar-refractivity contribution in [2.24, 2.45) is 5.92 Å². The largest absolute Gasteiger partial charge is 0.463 e. The molecule has 4 aliphatic rings. The van der Waals surface area contributed by atoms with E-state index in [-0.39, 0.29) is 232 Å². The highest BCUT2D eigenvalue weighted by atomic mass is 19.2. The van der Waals surface area contributed by atoms with Gasteiger partial charge in [0.25, 0.3) is 0 Å². The van der Waals surface area contributed by atoms with E-state index in [9.17, 15) is 118 Å². The lowest BCUT2D eigenvalue weighted by Crippen LogP contribution is -2.66. The van der Waals surface area contributed by atoms with Crippen molar-refractivity contribution in [3.8, 4) is 5.75 Å². The Labute approximate surface area is 857 Å². The summed E-state index contributed by atoms with van der Waals surface area (Å²) >= 11 is 0. The number of nitrogens with zero attached hydrogens (tertiary/aromatic N) is 1. The molecule has 54 heteroatoms. The van der Waals surface area contributed by atoms with Crippen LogP contribution in [-0.4, -0.2) is 346 Å². The third-order valence-corrected chi connectivity index (χ3v) is 22.7. The van der Waals surface area contributed by atoms with E-state index in [0.29, 0.717) is 0 Å². The van der Waals surface area contributed by atoms with Gasteiger partial charge in [0.2, 0.25) is 93.9 Å². The molecule has 1 aromatic carbocycles. The molecule has 3 aliphatic heterocycles. The standard InChI is InChI=1S/C95H141F5N10O39/c1-51(111)107-81-89(143-60(10)120)85(140-57(7)117)66(48-137-54(4)114)146-93(81)134-40-20-16-26-69(123)101-33-23-36-104-72(126)30-43-131-64-46-63(92(130)110(13)39-19-14-15-29-75(129)149-88-79(99)77(97)76(96)78(98)80(88)100)47-65(132-44-31-73(127)105-37-24-34-102-70(124)27-17-21-41-135-94-82(108-52(2)112)90(144-61(11)121)86(141-58(8)118)67(147-94)49-138-55(5)115)84(64)133-45-32-74(128)106-38-25-35-103-71(125)28-18-22-42-136-95-83(109-53(3)113)91(145-62(12)122)87(142-59(9)119)68(148-95)50-139-56(6)116/h63-68,81-87,89-91,93-95H,14-50H2,1-13H3,(H,101,123)(H,102,124)(H,103,125)(H,104,126)(H,105,127)(H,106,128)(H,107,111)(H,108,112)(H,109,113)/t63?,64-,65-,66-,67-,68-,81-,82-,83-,84?,85+,86+,87+,89-,90-,91-,93-,94-,95-/m1/s1. The second-order valence-electron chi connectivity index (χ2n) is 35.3. The Morgan fingerprint density at radius 2 is 0.570 bits per heavy atom. The average molecular weight is 2140 g/mol. The van der Waals surface area contributed by atoms with E-state index < -0.39 is 278 Å². The highest BCUT2D eigenvalue weighted by Crippen LogP contribution is 2.37. The molecule has 3 heterocycles. The lowest BCUT2D eigenvalue weighted by atomic mass is 9.82. The SMILES string of the molecule is CC(=O)N[C@H]1[C@H](OCCCCC(=O)NCCCNC(=O)CCOC2[C@H](OCCC(=O)NCCCNC(=O)CCCCO[C@@H]3O[C@H](COC(C)=O)[C@H](OC(C)=O)[C@H](OC(C)=O)[C@H]3NC(C)=O)CC(C(=O)N(C)CCCCCC(=O)Oc3c(F)c(F)c(F)c(F)c3F)C[C@H]2OCCC(=O)NCCCNC(=O)CCCCO[C@@H]2O[C@H](COC(C)=O)[C@H](OC(C)=O)[C@H](OC(C)=O)[C@H]2NC(C)=O)O[C@H](COC(C)=O)[C@H](OC(C)=O)[C@@H]1OC(C)=O. The summed E-state index contributed by atoms with van der Waals surface area (Å²) in [6.07, 6.45) is -17.6. The van der Waals surface area contributed by atoms with Crippen molar-refractivity contribution in [1.29, 1.82) is 0 Å². The molecule has 149 heavy (non-hydrogen) atoms. The Bertz CT molecular complexity index is 4440. The lowest BCUT2D eigenvalue weighted by molar-refractivity contribution is -0.277. The van der Waals surface area contributed by atoms with E-state index in [4.69, 9.17) is 85.3 Å². The fourth-order valence-electron chi connectivity index (χ4n) is 16.1. The van der Waals surface area contributed by atoms with Gasteiger partial charge in [-0.3, -0.25) is 95.9 Å². The molecule has 0 bridgehead atoms. The van der Waals surface area contributed by atoms with Crippen molar-refractivity contribution in [3.63, 3.8) is 0 Å². The van der Waals surface area contributed by atoms with Crippen LogP contribution in [-0.2, 0) is 181 Å². The molecule has 1 saturated carbocycles. The maximum Gasteiger partial charge on any atom is 0.311 e. The van der Waals surface area contributed by atoms with E-state index >= 15 is 0 Å². The number of hydrogen-bond donors (Lipinski definition) is 9. The number of nitrogens with one attached hydrogen (secondary N) is 9. The summed E-state index contributed by atoms with van der Waals surface area (Å²) in [6, 6.07) is -3.63. The summed E-state index contributed by atoms with van der Waals surface area (Å²) in [5.41, 5.74) is 0. The molecule has 9 N–H and O–H groups in total. The monoisotopic (exact) mass is 2140 g/mol. The fraction of sp³-hybridized carbons (Fsp3) is 0.726. The molecule has 5 rings (SSSR count). The number of ether oxygens (including phenoxy) is 19. The van der Waals surface area contributed by atoms with Crippen molar-refractivity contribution >= 4 is 119 Å². The number of rotatable bonds is 65. The highest BCUT2D eigenvalue weighted by Gasteiger charge is 2.55. The van der Waals surface area contributed by atoms with Gasteiger partial charge >= 0.3 is 59.7 Å². The predicted octanol–water partition coefficient (Wildman–Crippen LogP) is 1.44. The van der Waals surface area contributed by atoms with Gasteiger partial charge in [-0.1, -0.05) is 6.42 Å². The van der Waals surface area contributed by atoms with Crippen molar-refractivity contribution in [2.75, 3.05) is 112 Å². The molecule has 4 fully saturated rings. The van der Waals surface area contributed by atoms with Crippen LogP contribution >= 0.6 is 0 Å². The molecule has 0 unspecified atom stereocenters. The second-order valence-corrected chi connectivity index (χ2v) is 35.3. The summed E-state index contributed by atoms with van der Waals surface area (Å²) in [6.45, 7) is 11.8. The van der Waals surface area contributed by atoms with E-state index in [0.717, 1.165) is 62.3 Å². The molecule has 10 amide bonds. The topological polar surface area (TPSA) is 628 Å². The average Bonchev–Trinajstić information content (AvgIpc) is 0.798. The van der Waals surface area contributed by atoms with E-state index in [2.05, 4.69) is 52.6 Å². The summed E-state index contributed by atoms with van der Waals surface area (Å²) < 4.78 is 178. The van der Waals surface area contributed by atoms with Crippen molar-refractivity contribution in [3.05, 3.63) is 29.1 Å². The van der Waals surface area contributed by atoms with Crippen LogP contribution in [0.25, 0.3) is 0 Å². The summed E-state index contributed by atoms with van der Waals surface area (Å²) in [5.74, 6) is -27.5. The first-order valence-electron chi connectivity index (χ1n) is 49.1. The van der Waals surface area contributed by atoms with Crippen molar-refractivity contribution in [2.45, 2.75) is 328 Å². The van der Waals surface area contributed by atoms with Gasteiger partial charge in [-0.2, -0.15) is 8.78 Å². The molecular formula is C95H141F5N10O39. The van der Waals surface area contributed by atoms with Gasteiger partial charge in [-0.25, -0.2) is 13.2 Å². The Hall–Kier alpha value is -12.1. The summed E-state index contributed by atoms with van der Waals surface area (Å²) in [7, 11) is 1.47. The number of esters is 10. The summed E-state index contributed by atoms with van der Waals surface area (Å²) in [4.78, 5) is 254. The normalized spacial score (nSPS) is 22.8. The zero-order valence-corrected chi connectivity index (χ0v) is 85.9. The molecule has 3 saturated heterocycles.